The normalized spacial score (nSPS) is 19.5. The predicted octanol–water partition coefficient (Wildman–Crippen LogP) is 4.61. The van der Waals surface area contributed by atoms with E-state index in [2.05, 4.69) is 69.2 Å². The molecular weight excluding hydrogens is 424 g/mol. The molecule has 2 aliphatic rings. The molecule has 34 heavy (non-hydrogen) atoms. The fourth-order valence-corrected chi connectivity index (χ4v) is 5.53. The second-order valence-corrected chi connectivity index (χ2v) is 10.7. The first-order chi connectivity index (χ1) is 16.2. The summed E-state index contributed by atoms with van der Waals surface area (Å²) in [6, 6.07) is 16.7. The number of nitrogens with zero attached hydrogens (tertiary/aromatic N) is 2. The third kappa shape index (κ3) is 7.05. The lowest BCUT2D eigenvalue weighted by Gasteiger charge is -2.39. The fraction of sp³-hybridized carbons (Fsp3) is 0.586. The Hall–Kier alpha value is -1.92. The molecule has 0 radical (unpaired) electrons. The van der Waals surface area contributed by atoms with Gasteiger partial charge in [-0.25, -0.2) is 0 Å². The number of phenols is 1. The molecule has 0 saturated carbocycles. The van der Waals surface area contributed by atoms with Crippen molar-refractivity contribution in [1.29, 1.82) is 0 Å². The van der Waals surface area contributed by atoms with Crippen LogP contribution in [0.4, 0.5) is 0 Å². The summed E-state index contributed by atoms with van der Waals surface area (Å²) < 4.78 is 11.0. The Balaban J connectivity index is 0.000000191. The maximum atomic E-state index is 9.39. The van der Waals surface area contributed by atoms with E-state index in [1.165, 1.54) is 16.7 Å². The topological polar surface area (TPSA) is 45.2 Å². The van der Waals surface area contributed by atoms with Gasteiger partial charge in [0.05, 0.1) is 0 Å². The van der Waals surface area contributed by atoms with Crippen molar-refractivity contribution >= 4 is 0 Å². The summed E-state index contributed by atoms with van der Waals surface area (Å²) in [7, 11) is 8.53. The number of phenolic OH excluding ortho intramolecular Hbond substituents is 1. The fourth-order valence-electron chi connectivity index (χ4n) is 5.53. The molecule has 188 valence electrons. The van der Waals surface area contributed by atoms with E-state index in [1.807, 2.05) is 12.1 Å². The van der Waals surface area contributed by atoms with Crippen LogP contribution >= 0.6 is 0 Å². The van der Waals surface area contributed by atoms with Crippen LogP contribution in [0.1, 0.15) is 42.4 Å². The van der Waals surface area contributed by atoms with Gasteiger partial charge in [0.25, 0.3) is 0 Å². The number of likely N-dealkylation sites (N-methyl/N-ethyl adjacent to an activating group) is 2. The van der Waals surface area contributed by atoms with E-state index < -0.39 is 0 Å². The SMILES string of the molecule is CN(C)CC1(c2ccc(O)cc2)CCOCC1.Cc1ccc(C2(CN(C)C)CCOCC2)cc1. The molecule has 1 N–H and O–H groups in total. The summed E-state index contributed by atoms with van der Waals surface area (Å²) in [5.74, 6) is 0.334. The second-order valence-electron chi connectivity index (χ2n) is 10.7. The Morgan fingerprint density at radius 2 is 1.00 bits per heavy atom. The number of ether oxygens (including phenoxy) is 2. The van der Waals surface area contributed by atoms with Gasteiger partial charge in [0.1, 0.15) is 5.75 Å². The molecule has 0 aliphatic carbocycles. The van der Waals surface area contributed by atoms with Crippen molar-refractivity contribution in [1.82, 2.24) is 9.80 Å². The molecule has 0 amide bonds. The largest absolute Gasteiger partial charge is 0.508 e. The molecule has 2 saturated heterocycles. The van der Waals surface area contributed by atoms with Crippen molar-refractivity contribution < 1.29 is 14.6 Å². The van der Waals surface area contributed by atoms with Gasteiger partial charge in [-0.1, -0.05) is 42.0 Å². The molecule has 0 aromatic heterocycles. The predicted molar refractivity (Wildman–Crippen MR) is 140 cm³/mol. The van der Waals surface area contributed by atoms with E-state index >= 15 is 0 Å². The van der Waals surface area contributed by atoms with Crippen LogP contribution in [0, 0.1) is 6.92 Å². The van der Waals surface area contributed by atoms with E-state index in [0.717, 1.165) is 65.2 Å². The zero-order valence-corrected chi connectivity index (χ0v) is 21.8. The molecule has 2 aliphatic heterocycles. The lowest BCUT2D eigenvalue weighted by atomic mass is 9.73. The third-order valence-electron chi connectivity index (χ3n) is 7.28. The van der Waals surface area contributed by atoms with Crippen LogP contribution in [-0.2, 0) is 20.3 Å². The molecule has 2 aromatic rings. The summed E-state index contributed by atoms with van der Waals surface area (Å²) in [4.78, 5) is 4.53. The van der Waals surface area contributed by atoms with Crippen molar-refractivity contribution in [3.05, 3.63) is 65.2 Å². The van der Waals surface area contributed by atoms with E-state index in [0.29, 0.717) is 5.75 Å². The molecular formula is C29H44N2O3. The van der Waals surface area contributed by atoms with Gasteiger partial charge < -0.3 is 24.4 Å². The van der Waals surface area contributed by atoms with Crippen LogP contribution in [0.5, 0.6) is 5.75 Å². The molecule has 4 rings (SSSR count). The van der Waals surface area contributed by atoms with Crippen LogP contribution in [0.3, 0.4) is 0 Å². The highest BCUT2D eigenvalue weighted by Gasteiger charge is 2.35. The maximum Gasteiger partial charge on any atom is 0.115 e. The van der Waals surface area contributed by atoms with Crippen molar-refractivity contribution in [2.45, 2.75) is 43.4 Å². The molecule has 0 bridgehead atoms. The number of aryl methyl sites for hydroxylation is 1. The molecule has 2 aromatic carbocycles. The van der Waals surface area contributed by atoms with Gasteiger partial charge in [0, 0.05) is 50.3 Å². The summed E-state index contributed by atoms with van der Waals surface area (Å²) in [5, 5.41) is 9.39. The smallest absolute Gasteiger partial charge is 0.115 e. The minimum absolute atomic E-state index is 0.176. The summed E-state index contributed by atoms with van der Waals surface area (Å²) in [6.07, 6.45) is 4.37. The zero-order valence-electron chi connectivity index (χ0n) is 21.8. The average molecular weight is 469 g/mol. The van der Waals surface area contributed by atoms with Crippen molar-refractivity contribution in [3.8, 4) is 5.75 Å². The summed E-state index contributed by atoms with van der Waals surface area (Å²) in [5.41, 5.74) is 4.58. The molecule has 2 fully saturated rings. The van der Waals surface area contributed by atoms with Crippen LogP contribution in [0.25, 0.3) is 0 Å². The highest BCUT2D eigenvalue weighted by atomic mass is 16.5. The Bertz CT molecular complexity index is 776. The van der Waals surface area contributed by atoms with Crippen LogP contribution in [-0.4, -0.2) is 82.6 Å². The van der Waals surface area contributed by atoms with Gasteiger partial charge in [0.15, 0.2) is 0 Å². The summed E-state index contributed by atoms with van der Waals surface area (Å²) >= 11 is 0. The highest BCUT2D eigenvalue weighted by molar-refractivity contribution is 5.33. The molecule has 2 heterocycles. The van der Waals surface area contributed by atoms with Gasteiger partial charge >= 0.3 is 0 Å². The van der Waals surface area contributed by atoms with E-state index in [4.69, 9.17) is 9.47 Å². The quantitative estimate of drug-likeness (QED) is 0.671. The Kier molecular flexibility index (Phi) is 9.55. The minimum Gasteiger partial charge on any atom is -0.508 e. The second kappa shape index (κ2) is 12.2. The van der Waals surface area contributed by atoms with Crippen LogP contribution in [0.2, 0.25) is 0 Å². The van der Waals surface area contributed by atoms with Crippen molar-refractivity contribution in [2.75, 3.05) is 67.7 Å². The Labute approximate surface area is 206 Å². The molecule has 0 spiro atoms. The lowest BCUT2D eigenvalue weighted by Crippen LogP contribution is -2.42. The number of hydrogen-bond acceptors (Lipinski definition) is 5. The van der Waals surface area contributed by atoms with Crippen molar-refractivity contribution in [3.63, 3.8) is 0 Å². The first-order valence-electron chi connectivity index (χ1n) is 12.6. The standard InChI is InChI=1S/C15H23NO.C14H21NO2/c1-13-4-6-14(7-5-13)15(12-16(2)3)8-10-17-11-9-15;1-15(2)11-14(7-9-17-10-8-14)12-3-5-13(16)6-4-12/h4-7H,8-12H2,1-3H3;3-6,16H,7-11H2,1-2H3. The number of hydrogen-bond donors (Lipinski definition) is 1. The van der Waals surface area contributed by atoms with Gasteiger partial charge in [-0.3, -0.25) is 0 Å². The molecule has 0 unspecified atom stereocenters. The van der Waals surface area contributed by atoms with Gasteiger partial charge in [-0.2, -0.15) is 0 Å². The maximum absolute atomic E-state index is 9.39. The van der Waals surface area contributed by atoms with E-state index in [-0.39, 0.29) is 10.8 Å². The Morgan fingerprint density at radius 3 is 1.35 bits per heavy atom. The Morgan fingerprint density at radius 1 is 0.647 bits per heavy atom. The molecule has 5 heteroatoms. The lowest BCUT2D eigenvalue weighted by molar-refractivity contribution is 0.0400. The van der Waals surface area contributed by atoms with Crippen LogP contribution in [0.15, 0.2) is 48.5 Å². The monoisotopic (exact) mass is 468 g/mol. The zero-order chi connectivity index (χ0) is 24.6. The third-order valence-corrected chi connectivity index (χ3v) is 7.28. The van der Waals surface area contributed by atoms with Gasteiger partial charge in [0.2, 0.25) is 0 Å². The van der Waals surface area contributed by atoms with Gasteiger partial charge in [-0.05, 0) is 84.1 Å². The number of benzene rings is 2. The molecule has 5 nitrogen and oxygen atoms in total. The van der Waals surface area contributed by atoms with Crippen molar-refractivity contribution in [2.24, 2.45) is 0 Å². The summed E-state index contributed by atoms with van der Waals surface area (Å²) in [6.45, 7) is 7.72. The minimum atomic E-state index is 0.176. The first kappa shape index (κ1) is 26.7. The van der Waals surface area contributed by atoms with E-state index in [1.54, 1.807) is 12.1 Å². The number of aromatic hydroxyl groups is 1. The van der Waals surface area contributed by atoms with Gasteiger partial charge in [-0.15, -0.1) is 0 Å². The first-order valence-corrected chi connectivity index (χ1v) is 12.6. The van der Waals surface area contributed by atoms with E-state index in [9.17, 15) is 5.11 Å². The molecule has 0 atom stereocenters. The average Bonchev–Trinajstić information content (AvgIpc) is 2.80. The number of rotatable bonds is 6. The van der Waals surface area contributed by atoms with Crippen LogP contribution < -0.4 is 0 Å². The highest BCUT2D eigenvalue weighted by Crippen LogP contribution is 2.36.